The maximum absolute atomic E-state index is 12.9. The van der Waals surface area contributed by atoms with Crippen LogP contribution in [0.25, 0.3) is 0 Å². The number of esters is 1. The first-order valence-electron chi connectivity index (χ1n) is 11.2. The molecule has 2 aromatic rings. The molecule has 1 aliphatic rings. The standard InChI is InChI=1S/C25H32N2O5S/c1-17(2)20-5-7-23(8-6-20)33(30,31)27-11-9-21(10-12-27)25(29)32-16-24(28)26-22-14-18(3)13-19(4)15-22/h5-8,13-15,17,21H,9-12,16H2,1-4H3,(H,26,28). The highest BCUT2D eigenvalue weighted by molar-refractivity contribution is 7.89. The van der Waals surface area contributed by atoms with Crippen molar-refractivity contribution in [2.75, 3.05) is 25.0 Å². The minimum absolute atomic E-state index is 0.239. The van der Waals surface area contributed by atoms with Gasteiger partial charge >= 0.3 is 5.97 Å². The maximum atomic E-state index is 12.9. The Balaban J connectivity index is 1.49. The van der Waals surface area contributed by atoms with Gasteiger partial charge in [-0.05, 0) is 73.6 Å². The van der Waals surface area contributed by atoms with Crippen LogP contribution < -0.4 is 5.32 Å². The summed E-state index contributed by atoms with van der Waals surface area (Å²) in [5.74, 6) is -0.970. The van der Waals surface area contributed by atoms with Gasteiger partial charge in [0.15, 0.2) is 6.61 Å². The Morgan fingerprint density at radius 2 is 1.61 bits per heavy atom. The van der Waals surface area contributed by atoms with Crippen LogP contribution in [0, 0.1) is 19.8 Å². The van der Waals surface area contributed by atoms with Gasteiger partial charge in [0.25, 0.3) is 5.91 Å². The number of hydrogen-bond donors (Lipinski definition) is 1. The molecule has 0 aromatic heterocycles. The number of nitrogens with one attached hydrogen (secondary N) is 1. The van der Waals surface area contributed by atoms with E-state index in [-0.39, 0.29) is 24.6 Å². The summed E-state index contributed by atoms with van der Waals surface area (Å²) in [6.07, 6.45) is 0.724. The van der Waals surface area contributed by atoms with E-state index in [1.807, 2.05) is 44.2 Å². The molecule has 2 aromatic carbocycles. The van der Waals surface area contributed by atoms with Crippen molar-refractivity contribution in [3.63, 3.8) is 0 Å². The number of ether oxygens (including phenoxy) is 1. The molecule has 8 heteroatoms. The third-order valence-electron chi connectivity index (χ3n) is 5.82. The molecule has 0 bridgehead atoms. The van der Waals surface area contributed by atoms with Crippen LogP contribution in [0.15, 0.2) is 47.4 Å². The highest BCUT2D eigenvalue weighted by Crippen LogP contribution is 2.26. The van der Waals surface area contributed by atoms with E-state index in [2.05, 4.69) is 19.2 Å². The number of anilines is 1. The third-order valence-corrected chi connectivity index (χ3v) is 7.74. The predicted molar refractivity (Wildman–Crippen MR) is 128 cm³/mol. The van der Waals surface area contributed by atoms with Crippen molar-refractivity contribution in [2.45, 2.75) is 51.3 Å². The molecule has 1 saturated heterocycles. The summed E-state index contributed by atoms with van der Waals surface area (Å²) in [7, 11) is -3.60. The van der Waals surface area contributed by atoms with Crippen molar-refractivity contribution in [1.82, 2.24) is 4.31 Å². The molecule has 1 N–H and O–H groups in total. The van der Waals surface area contributed by atoms with Gasteiger partial charge in [-0.1, -0.05) is 32.0 Å². The van der Waals surface area contributed by atoms with E-state index in [1.54, 1.807) is 12.1 Å². The van der Waals surface area contributed by atoms with E-state index >= 15 is 0 Å². The van der Waals surface area contributed by atoms with Crippen LogP contribution in [0.5, 0.6) is 0 Å². The number of carbonyl (C=O) groups is 2. The first-order chi connectivity index (χ1) is 15.6. The van der Waals surface area contributed by atoms with E-state index in [9.17, 15) is 18.0 Å². The van der Waals surface area contributed by atoms with E-state index in [0.717, 1.165) is 16.7 Å². The number of benzene rings is 2. The largest absolute Gasteiger partial charge is 0.455 e. The predicted octanol–water partition coefficient (Wildman–Crippen LogP) is 4.01. The van der Waals surface area contributed by atoms with Crippen molar-refractivity contribution >= 4 is 27.6 Å². The fourth-order valence-electron chi connectivity index (χ4n) is 4.00. The zero-order valence-corrected chi connectivity index (χ0v) is 20.4. The van der Waals surface area contributed by atoms with E-state index in [4.69, 9.17) is 4.74 Å². The molecule has 0 unspecified atom stereocenters. The molecule has 0 spiro atoms. The third kappa shape index (κ3) is 6.42. The lowest BCUT2D eigenvalue weighted by Crippen LogP contribution is -2.40. The molecule has 1 fully saturated rings. The number of hydrogen-bond acceptors (Lipinski definition) is 5. The van der Waals surface area contributed by atoms with Crippen molar-refractivity contribution < 1.29 is 22.7 Å². The van der Waals surface area contributed by atoms with E-state index in [0.29, 0.717) is 24.4 Å². The molecule has 0 aliphatic carbocycles. The van der Waals surface area contributed by atoms with Crippen LogP contribution in [-0.2, 0) is 24.3 Å². The Morgan fingerprint density at radius 3 is 2.15 bits per heavy atom. The van der Waals surface area contributed by atoms with E-state index in [1.165, 1.54) is 4.31 Å². The maximum Gasteiger partial charge on any atom is 0.309 e. The Bertz CT molecular complexity index is 1080. The molecule has 1 heterocycles. The Labute approximate surface area is 196 Å². The average molecular weight is 473 g/mol. The van der Waals surface area contributed by atoms with Crippen molar-refractivity contribution in [3.05, 3.63) is 59.2 Å². The van der Waals surface area contributed by atoms with Crippen LogP contribution >= 0.6 is 0 Å². The number of amides is 1. The van der Waals surface area contributed by atoms with Crippen molar-refractivity contribution in [3.8, 4) is 0 Å². The fraction of sp³-hybridized carbons (Fsp3) is 0.440. The first-order valence-corrected chi connectivity index (χ1v) is 12.6. The van der Waals surface area contributed by atoms with Gasteiger partial charge in [0, 0.05) is 18.8 Å². The SMILES string of the molecule is Cc1cc(C)cc(NC(=O)COC(=O)C2CCN(S(=O)(=O)c3ccc(C(C)C)cc3)CC2)c1. The monoisotopic (exact) mass is 472 g/mol. The molecular formula is C25H32N2O5S. The quantitative estimate of drug-likeness (QED) is 0.615. The molecule has 1 amide bonds. The second kappa shape index (κ2) is 10.5. The number of carbonyl (C=O) groups excluding carboxylic acids is 2. The van der Waals surface area contributed by atoms with Gasteiger partial charge in [-0.3, -0.25) is 9.59 Å². The molecule has 1 aliphatic heterocycles. The molecule has 0 atom stereocenters. The van der Waals surface area contributed by atoms with Crippen LogP contribution in [0.2, 0.25) is 0 Å². The Hall–Kier alpha value is -2.71. The van der Waals surface area contributed by atoms with Crippen LogP contribution in [0.4, 0.5) is 5.69 Å². The molecule has 33 heavy (non-hydrogen) atoms. The van der Waals surface area contributed by atoms with Gasteiger partial charge in [0.1, 0.15) is 0 Å². The number of aryl methyl sites for hydroxylation is 2. The Kier molecular flexibility index (Phi) is 7.92. The number of piperidine rings is 1. The molecule has 0 radical (unpaired) electrons. The molecule has 3 rings (SSSR count). The fourth-order valence-corrected chi connectivity index (χ4v) is 5.47. The Morgan fingerprint density at radius 1 is 1.03 bits per heavy atom. The molecule has 178 valence electrons. The zero-order chi connectivity index (χ0) is 24.2. The summed E-state index contributed by atoms with van der Waals surface area (Å²) in [6, 6.07) is 12.6. The van der Waals surface area contributed by atoms with Crippen molar-refractivity contribution in [1.29, 1.82) is 0 Å². The van der Waals surface area contributed by atoms with Gasteiger partial charge in [-0.2, -0.15) is 4.31 Å². The summed E-state index contributed by atoms with van der Waals surface area (Å²) in [4.78, 5) is 24.8. The van der Waals surface area contributed by atoms with Gasteiger partial charge in [-0.15, -0.1) is 0 Å². The highest BCUT2D eigenvalue weighted by atomic mass is 32.2. The van der Waals surface area contributed by atoms with Crippen LogP contribution in [-0.4, -0.2) is 44.3 Å². The lowest BCUT2D eigenvalue weighted by Gasteiger charge is -2.30. The van der Waals surface area contributed by atoms with Gasteiger partial charge in [0.2, 0.25) is 10.0 Å². The van der Waals surface area contributed by atoms with E-state index < -0.39 is 27.8 Å². The zero-order valence-electron chi connectivity index (χ0n) is 19.6. The van der Waals surface area contributed by atoms with Crippen LogP contribution in [0.1, 0.15) is 49.3 Å². The summed E-state index contributed by atoms with van der Waals surface area (Å²) in [5.41, 5.74) is 3.80. The normalized spacial score (nSPS) is 15.4. The van der Waals surface area contributed by atoms with Gasteiger partial charge in [-0.25, -0.2) is 8.42 Å². The molecular weight excluding hydrogens is 440 g/mol. The van der Waals surface area contributed by atoms with Crippen molar-refractivity contribution in [2.24, 2.45) is 5.92 Å². The van der Waals surface area contributed by atoms with Crippen LogP contribution in [0.3, 0.4) is 0 Å². The number of nitrogens with zero attached hydrogens (tertiary/aromatic N) is 1. The lowest BCUT2D eigenvalue weighted by atomic mass is 9.98. The highest BCUT2D eigenvalue weighted by Gasteiger charge is 2.33. The molecule has 7 nitrogen and oxygen atoms in total. The minimum atomic E-state index is -3.60. The number of sulfonamides is 1. The first kappa shape index (κ1) is 24.9. The van der Waals surface area contributed by atoms with Gasteiger partial charge in [0.05, 0.1) is 10.8 Å². The molecule has 0 saturated carbocycles. The topological polar surface area (TPSA) is 92.8 Å². The smallest absolute Gasteiger partial charge is 0.309 e. The lowest BCUT2D eigenvalue weighted by molar-refractivity contribution is -0.152. The average Bonchev–Trinajstić information content (AvgIpc) is 2.77. The number of rotatable bonds is 7. The summed E-state index contributed by atoms with van der Waals surface area (Å²) in [5, 5.41) is 2.73. The summed E-state index contributed by atoms with van der Waals surface area (Å²) >= 11 is 0. The second-order valence-electron chi connectivity index (χ2n) is 8.93. The second-order valence-corrected chi connectivity index (χ2v) is 10.9. The minimum Gasteiger partial charge on any atom is -0.455 e. The summed E-state index contributed by atoms with van der Waals surface area (Å²) in [6.45, 7) is 8.10. The van der Waals surface area contributed by atoms with Gasteiger partial charge < -0.3 is 10.1 Å². The summed E-state index contributed by atoms with van der Waals surface area (Å²) < 4.78 is 32.5.